The van der Waals surface area contributed by atoms with Crippen LogP contribution in [0.5, 0.6) is 0 Å². The van der Waals surface area contributed by atoms with E-state index in [1.54, 1.807) is 0 Å². The third kappa shape index (κ3) is 4.86. The minimum Gasteiger partial charge on any atom is -0.454 e. The first-order valence-corrected chi connectivity index (χ1v) is 25.0. The Balaban J connectivity index is 1.11. The average molecular weight is 876 g/mol. The summed E-state index contributed by atoms with van der Waals surface area (Å²) in [6.07, 6.45) is 4.83. The molecule has 6 heterocycles. The number of anilines is 5. The lowest BCUT2D eigenvalue weighted by Gasteiger charge is -2.50. The lowest BCUT2D eigenvalue weighted by atomic mass is 9.33. The van der Waals surface area contributed by atoms with Crippen molar-refractivity contribution in [3.05, 3.63) is 150 Å². The summed E-state index contributed by atoms with van der Waals surface area (Å²) in [5.74, 6) is 0. The molecule has 2 unspecified atom stereocenters. The number of nitrogens with zero attached hydrogens (tertiary/aromatic N) is 3. The Kier molecular flexibility index (Phi) is 7.56. The van der Waals surface area contributed by atoms with Crippen LogP contribution in [0.15, 0.2) is 138 Å². The molecule has 3 aliphatic heterocycles. The van der Waals surface area contributed by atoms with Gasteiger partial charge in [-0.05, 0) is 112 Å². The molecule has 66 heavy (non-hydrogen) atoms. The molecule has 0 radical (unpaired) electrons. The van der Waals surface area contributed by atoms with Gasteiger partial charge in [0.2, 0.25) is 0 Å². The summed E-state index contributed by atoms with van der Waals surface area (Å²) in [5, 5.41) is 4.95. The summed E-state index contributed by atoms with van der Waals surface area (Å²) in [7, 11) is 0. The number of thiophene rings is 1. The predicted octanol–water partition coefficient (Wildman–Crippen LogP) is 14.8. The van der Waals surface area contributed by atoms with Crippen LogP contribution in [0.1, 0.15) is 97.8 Å². The average Bonchev–Trinajstić information content (AvgIpc) is 4.02. The monoisotopic (exact) mass is 875 g/mol. The van der Waals surface area contributed by atoms with Crippen molar-refractivity contribution in [2.24, 2.45) is 0 Å². The Morgan fingerprint density at radius 1 is 0.576 bits per heavy atom. The van der Waals surface area contributed by atoms with Crippen LogP contribution in [-0.2, 0) is 16.2 Å². The maximum absolute atomic E-state index is 7.01. The highest BCUT2D eigenvalue weighted by Crippen LogP contribution is 2.62. The van der Waals surface area contributed by atoms with Crippen molar-refractivity contribution in [1.82, 2.24) is 4.57 Å². The zero-order valence-corrected chi connectivity index (χ0v) is 40.1. The second-order valence-corrected chi connectivity index (χ2v) is 23.5. The van der Waals surface area contributed by atoms with Crippen LogP contribution in [-0.4, -0.2) is 16.8 Å². The topological polar surface area (TPSA) is 24.6 Å². The van der Waals surface area contributed by atoms with E-state index in [0.29, 0.717) is 0 Å². The molecule has 6 heteroatoms. The summed E-state index contributed by atoms with van der Waals surface area (Å²) in [6, 6.07) is 51.4. The molecule has 3 aromatic heterocycles. The van der Waals surface area contributed by atoms with Gasteiger partial charge in [-0.1, -0.05) is 146 Å². The third-order valence-corrected chi connectivity index (χ3v) is 18.0. The minimum atomic E-state index is -0.121. The molecule has 7 aromatic carbocycles. The summed E-state index contributed by atoms with van der Waals surface area (Å²) in [5.41, 5.74) is 20.1. The fourth-order valence-electron chi connectivity index (χ4n) is 13.2. The first-order chi connectivity index (χ1) is 31.7. The van der Waals surface area contributed by atoms with Crippen molar-refractivity contribution in [3.8, 4) is 5.69 Å². The molecule has 14 rings (SSSR count). The lowest BCUT2D eigenvalue weighted by Crippen LogP contribution is -2.60. The van der Waals surface area contributed by atoms with Crippen molar-refractivity contribution in [2.75, 3.05) is 9.80 Å². The van der Waals surface area contributed by atoms with E-state index in [4.69, 9.17) is 4.42 Å². The molecule has 4 nitrogen and oxygen atoms in total. The normalized spacial score (nSPS) is 19.9. The number of aromatic nitrogens is 1. The van der Waals surface area contributed by atoms with Gasteiger partial charge in [-0.25, -0.2) is 0 Å². The number of furan rings is 1. The lowest BCUT2D eigenvalue weighted by molar-refractivity contribution is 0.195. The number of fused-ring (bicyclic) bond motifs is 15. The second-order valence-electron chi connectivity index (χ2n) is 22.4. The first-order valence-electron chi connectivity index (χ1n) is 24.2. The third-order valence-electron chi connectivity index (χ3n) is 16.8. The van der Waals surface area contributed by atoms with E-state index in [0.717, 1.165) is 34.0 Å². The van der Waals surface area contributed by atoms with Gasteiger partial charge in [0.1, 0.15) is 5.58 Å². The van der Waals surface area contributed by atoms with E-state index in [1.165, 1.54) is 112 Å². The number of hydrogen-bond acceptors (Lipinski definition) is 4. The number of benzene rings is 7. The van der Waals surface area contributed by atoms with Crippen molar-refractivity contribution in [3.63, 3.8) is 0 Å². The van der Waals surface area contributed by atoms with E-state index >= 15 is 0 Å². The van der Waals surface area contributed by atoms with Gasteiger partial charge >= 0.3 is 0 Å². The predicted molar refractivity (Wildman–Crippen MR) is 283 cm³/mol. The van der Waals surface area contributed by atoms with Crippen molar-refractivity contribution < 1.29 is 4.42 Å². The van der Waals surface area contributed by atoms with Gasteiger partial charge in [-0.3, -0.25) is 0 Å². The molecule has 0 spiro atoms. The zero-order chi connectivity index (χ0) is 44.8. The Morgan fingerprint density at radius 3 is 2.14 bits per heavy atom. The van der Waals surface area contributed by atoms with Crippen LogP contribution in [0.2, 0.25) is 0 Å². The van der Waals surface area contributed by atoms with Gasteiger partial charge in [-0.15, -0.1) is 11.3 Å². The second kappa shape index (κ2) is 12.8. The summed E-state index contributed by atoms with van der Waals surface area (Å²) < 4.78 is 12.4. The Hall–Kier alpha value is -6.24. The quantitative estimate of drug-likeness (QED) is 0.162. The van der Waals surface area contributed by atoms with Crippen molar-refractivity contribution in [1.29, 1.82) is 0 Å². The fraction of sp³-hybridized carbons (Fsp3) is 0.267. The van der Waals surface area contributed by atoms with Crippen LogP contribution in [0, 0.1) is 0 Å². The van der Waals surface area contributed by atoms with Crippen molar-refractivity contribution >= 4 is 116 Å². The molecule has 1 saturated carbocycles. The molecule has 1 fully saturated rings. The van der Waals surface area contributed by atoms with E-state index in [-0.39, 0.29) is 28.5 Å². The van der Waals surface area contributed by atoms with Crippen LogP contribution >= 0.6 is 11.3 Å². The summed E-state index contributed by atoms with van der Waals surface area (Å²) in [6.45, 7) is 19.3. The fourth-order valence-corrected chi connectivity index (χ4v) is 14.4. The van der Waals surface area contributed by atoms with Gasteiger partial charge in [0.25, 0.3) is 6.71 Å². The minimum absolute atomic E-state index is 0.0157. The molecule has 0 bridgehead atoms. The Morgan fingerprint density at radius 2 is 1.30 bits per heavy atom. The molecule has 0 N–H and O–H groups in total. The molecule has 324 valence electrons. The Bertz CT molecular complexity index is 3760. The van der Waals surface area contributed by atoms with Crippen LogP contribution in [0.25, 0.3) is 58.8 Å². The summed E-state index contributed by atoms with van der Waals surface area (Å²) >= 11 is 1.93. The zero-order valence-electron chi connectivity index (χ0n) is 39.3. The molecule has 0 amide bonds. The molecular weight excluding hydrogens is 822 g/mol. The maximum atomic E-state index is 7.01. The largest absolute Gasteiger partial charge is 0.454 e. The maximum Gasteiger partial charge on any atom is 0.252 e. The number of rotatable bonds is 2. The highest BCUT2D eigenvalue weighted by atomic mass is 32.1. The van der Waals surface area contributed by atoms with Gasteiger partial charge < -0.3 is 18.8 Å². The van der Waals surface area contributed by atoms with E-state index in [1.807, 2.05) is 11.3 Å². The van der Waals surface area contributed by atoms with Crippen LogP contribution in [0.3, 0.4) is 0 Å². The molecule has 1 aliphatic carbocycles. The molecule has 10 aromatic rings. The van der Waals surface area contributed by atoms with E-state index < -0.39 is 0 Å². The number of hydrogen-bond donors (Lipinski definition) is 0. The van der Waals surface area contributed by atoms with E-state index in [9.17, 15) is 0 Å². The van der Waals surface area contributed by atoms with Gasteiger partial charge in [-0.2, -0.15) is 0 Å². The SMILES string of the molecule is CC(C)(C)c1cc2c3c(c1)-n1c4c(cccc4c4sc5ccccc5c41)B3c1ccc(N3c4ccc(C(C)(C)C)cc4C4(C)CCCCC34C)cc1N2c1cccc2c1oc1ccccc12. The Labute approximate surface area is 391 Å². The smallest absolute Gasteiger partial charge is 0.252 e. The molecule has 0 saturated heterocycles. The number of para-hydroxylation sites is 3. The first kappa shape index (κ1) is 39.0. The van der Waals surface area contributed by atoms with Crippen LogP contribution < -0.4 is 26.2 Å². The highest BCUT2D eigenvalue weighted by Gasteiger charge is 2.58. The van der Waals surface area contributed by atoms with Crippen molar-refractivity contribution in [2.45, 2.75) is 103 Å². The standard InChI is InChI=1S/C60H54BN3OS/c1-57(2,3)35-25-28-45-42(31-35)59(7)29-13-14-30-60(59,8)64(45)37-26-27-43-47(34-37)62(46-22-16-19-39-38-17-9-11-23-50(38)65-55(39)46)48-32-36(58(4,5)6)33-49-52(48)61(43)44-21-15-20-41-53(44)63(49)54-40-18-10-12-24-51(40)66-56(41)54/h9-12,15-28,31-34H,13-14,29-30H2,1-8H3. The summed E-state index contributed by atoms with van der Waals surface area (Å²) in [4.78, 5) is 5.38. The van der Waals surface area contributed by atoms with Crippen LogP contribution in [0.4, 0.5) is 28.4 Å². The van der Waals surface area contributed by atoms with Gasteiger partial charge in [0.15, 0.2) is 5.58 Å². The molecule has 2 atom stereocenters. The molecular formula is C60H54BN3OS. The molecule has 4 aliphatic rings. The van der Waals surface area contributed by atoms with E-state index in [2.05, 4.69) is 203 Å². The van der Waals surface area contributed by atoms with Gasteiger partial charge in [0.05, 0.1) is 27.0 Å². The highest BCUT2D eigenvalue weighted by molar-refractivity contribution is 7.26. The van der Waals surface area contributed by atoms with Gasteiger partial charge in [0, 0.05) is 60.1 Å².